The van der Waals surface area contributed by atoms with Crippen LogP contribution in [0, 0.1) is 0 Å². The van der Waals surface area contributed by atoms with Crippen LogP contribution in [-0.2, 0) is 10.8 Å². The van der Waals surface area contributed by atoms with Crippen LogP contribution in [0.1, 0.15) is 73.4 Å². The number of rotatable bonds is 2. The van der Waals surface area contributed by atoms with Gasteiger partial charge in [0.25, 0.3) is 0 Å². The van der Waals surface area contributed by atoms with Crippen LogP contribution < -0.4 is 10.2 Å². The number of aromatic carboxylic acids is 2. The summed E-state index contributed by atoms with van der Waals surface area (Å²) in [5.41, 5.74) is 1.12. The molecule has 0 saturated heterocycles. The van der Waals surface area contributed by atoms with Crippen LogP contribution >= 0.6 is 0 Å². The Bertz CT molecular complexity index is 802. The number of aromatic hydroxyl groups is 2. The molecule has 0 aromatic heterocycles. The van der Waals surface area contributed by atoms with Gasteiger partial charge >= 0.3 is 23.1 Å². The third kappa shape index (κ3) is 7.59. The fraction of sp³-hybridized carbons (Fsp3) is 0.364. The SMILES string of the molecule is CC(C)(C)c1ccc(O)c(C(=O)[O-])c1.CC(C)(C)c1ccc(O)c(C(=O)[O-])c1.[Mg+2]. The molecule has 2 aromatic carbocycles. The standard InChI is InChI=1S/2C11H14O3.Mg/c2*1-11(2,3)7-4-5-9(12)8(6-7)10(13)14;/h2*4-6,12H,1-3H3,(H,13,14);/q;;+2/p-2. The van der Waals surface area contributed by atoms with Gasteiger partial charge in [0, 0.05) is 11.1 Å². The molecule has 2 N–H and O–H groups in total. The second-order valence-electron chi connectivity index (χ2n) is 8.54. The average molecular weight is 411 g/mol. The van der Waals surface area contributed by atoms with Gasteiger partial charge in [-0.2, -0.15) is 0 Å². The minimum absolute atomic E-state index is 0. The van der Waals surface area contributed by atoms with Crippen molar-refractivity contribution in [3.8, 4) is 11.5 Å². The first-order valence-corrected chi connectivity index (χ1v) is 8.74. The van der Waals surface area contributed by atoms with E-state index in [4.69, 9.17) is 0 Å². The van der Waals surface area contributed by atoms with Crippen molar-refractivity contribution in [1.29, 1.82) is 0 Å². The van der Waals surface area contributed by atoms with E-state index in [1.54, 1.807) is 12.1 Å². The first kappa shape index (κ1) is 26.7. The molecular weight excluding hydrogens is 385 g/mol. The number of carboxylic acid groups (broad SMARTS) is 2. The maximum atomic E-state index is 10.6. The van der Waals surface area contributed by atoms with Crippen LogP contribution in [-0.4, -0.2) is 45.2 Å². The molecule has 0 atom stereocenters. The molecular formula is C22H26MgO6. The predicted molar refractivity (Wildman–Crippen MR) is 108 cm³/mol. The summed E-state index contributed by atoms with van der Waals surface area (Å²) in [6, 6.07) is 9.08. The summed E-state index contributed by atoms with van der Waals surface area (Å²) in [6.45, 7) is 11.8. The fourth-order valence-corrected chi connectivity index (χ4v) is 2.33. The number of carbonyl (C=O) groups is 2. The van der Waals surface area contributed by atoms with Gasteiger partial charge in [-0.3, -0.25) is 0 Å². The zero-order valence-electron chi connectivity index (χ0n) is 17.7. The van der Waals surface area contributed by atoms with Gasteiger partial charge in [-0.1, -0.05) is 53.7 Å². The fourth-order valence-electron chi connectivity index (χ4n) is 2.33. The zero-order valence-corrected chi connectivity index (χ0v) is 19.1. The van der Waals surface area contributed by atoms with E-state index in [2.05, 4.69) is 0 Å². The molecule has 0 fully saturated rings. The smallest absolute Gasteiger partial charge is 0.545 e. The van der Waals surface area contributed by atoms with Gasteiger partial charge in [-0.25, -0.2) is 0 Å². The first-order chi connectivity index (χ1) is 12.6. The molecule has 6 nitrogen and oxygen atoms in total. The van der Waals surface area contributed by atoms with Crippen molar-refractivity contribution in [3.63, 3.8) is 0 Å². The van der Waals surface area contributed by atoms with Gasteiger partial charge < -0.3 is 30.0 Å². The molecule has 152 valence electrons. The molecule has 7 heteroatoms. The molecule has 0 aliphatic carbocycles. The van der Waals surface area contributed by atoms with Gasteiger partial charge in [-0.15, -0.1) is 0 Å². The molecule has 2 aromatic rings. The molecule has 0 spiro atoms. The van der Waals surface area contributed by atoms with E-state index < -0.39 is 11.9 Å². The number of hydrogen-bond donors (Lipinski definition) is 2. The van der Waals surface area contributed by atoms with Crippen LogP contribution in [0.3, 0.4) is 0 Å². The average Bonchev–Trinajstić information content (AvgIpc) is 2.53. The number of hydrogen-bond acceptors (Lipinski definition) is 6. The van der Waals surface area contributed by atoms with Crippen LogP contribution in [0.15, 0.2) is 36.4 Å². The molecule has 0 unspecified atom stereocenters. The van der Waals surface area contributed by atoms with Gasteiger partial charge in [0.2, 0.25) is 0 Å². The molecule has 0 aliphatic heterocycles. The summed E-state index contributed by atoms with van der Waals surface area (Å²) in [5.74, 6) is -3.21. The van der Waals surface area contributed by atoms with E-state index in [0.29, 0.717) is 0 Å². The van der Waals surface area contributed by atoms with E-state index in [9.17, 15) is 30.0 Å². The predicted octanol–water partition coefficient (Wildman–Crippen LogP) is 1.73. The second kappa shape index (κ2) is 9.98. The molecule has 0 heterocycles. The molecule has 0 saturated carbocycles. The summed E-state index contributed by atoms with van der Waals surface area (Å²) >= 11 is 0. The number of benzene rings is 2. The zero-order chi connectivity index (χ0) is 21.9. The van der Waals surface area contributed by atoms with Crippen LogP contribution in [0.2, 0.25) is 0 Å². The maximum Gasteiger partial charge on any atom is 2.00 e. The Hall–Kier alpha value is -2.25. The van der Waals surface area contributed by atoms with Crippen molar-refractivity contribution < 1.29 is 30.0 Å². The van der Waals surface area contributed by atoms with Crippen LogP contribution in [0.25, 0.3) is 0 Å². The monoisotopic (exact) mass is 410 g/mol. The summed E-state index contributed by atoms with van der Waals surface area (Å²) < 4.78 is 0. The molecule has 2 rings (SSSR count). The molecule has 0 amide bonds. The third-order valence-corrected chi connectivity index (χ3v) is 4.16. The summed E-state index contributed by atoms with van der Waals surface area (Å²) in [4.78, 5) is 21.3. The summed E-state index contributed by atoms with van der Waals surface area (Å²) in [7, 11) is 0. The Kier molecular flexibility index (Phi) is 9.20. The van der Waals surface area contributed by atoms with Crippen molar-refractivity contribution >= 4 is 35.0 Å². The van der Waals surface area contributed by atoms with Crippen molar-refractivity contribution in [2.45, 2.75) is 52.4 Å². The van der Waals surface area contributed by atoms with Crippen molar-refractivity contribution in [3.05, 3.63) is 58.7 Å². The van der Waals surface area contributed by atoms with Crippen LogP contribution in [0.5, 0.6) is 11.5 Å². The Morgan fingerprint density at radius 1 is 0.690 bits per heavy atom. The van der Waals surface area contributed by atoms with Gasteiger partial charge in [-0.05, 0) is 46.2 Å². The molecule has 0 radical (unpaired) electrons. The van der Waals surface area contributed by atoms with E-state index in [1.807, 2.05) is 41.5 Å². The van der Waals surface area contributed by atoms with Gasteiger partial charge in [0.05, 0.1) is 11.9 Å². The first-order valence-electron chi connectivity index (χ1n) is 8.74. The topological polar surface area (TPSA) is 121 Å². The van der Waals surface area contributed by atoms with E-state index >= 15 is 0 Å². The number of carboxylic acids is 2. The number of carbonyl (C=O) groups excluding carboxylic acids is 2. The van der Waals surface area contributed by atoms with Gasteiger partial charge in [0.15, 0.2) is 0 Å². The van der Waals surface area contributed by atoms with Crippen LogP contribution in [0.4, 0.5) is 0 Å². The van der Waals surface area contributed by atoms with E-state index in [1.165, 1.54) is 24.3 Å². The Labute approximate surface area is 187 Å². The number of phenols is 2. The third-order valence-electron chi connectivity index (χ3n) is 4.16. The summed E-state index contributed by atoms with van der Waals surface area (Å²) in [6.07, 6.45) is 0. The van der Waals surface area contributed by atoms with Gasteiger partial charge in [0.1, 0.15) is 11.5 Å². The van der Waals surface area contributed by atoms with Crippen molar-refractivity contribution in [1.82, 2.24) is 0 Å². The van der Waals surface area contributed by atoms with E-state index in [-0.39, 0.29) is 56.5 Å². The Morgan fingerprint density at radius 2 is 0.966 bits per heavy atom. The molecule has 29 heavy (non-hydrogen) atoms. The summed E-state index contributed by atoms with van der Waals surface area (Å²) in [5, 5.41) is 39.8. The minimum Gasteiger partial charge on any atom is -0.545 e. The largest absolute Gasteiger partial charge is 2.00 e. The Balaban J connectivity index is 0.000000523. The molecule has 0 aliphatic rings. The quantitative estimate of drug-likeness (QED) is 0.727. The van der Waals surface area contributed by atoms with Crippen molar-refractivity contribution in [2.24, 2.45) is 0 Å². The van der Waals surface area contributed by atoms with E-state index in [0.717, 1.165) is 11.1 Å². The normalized spacial score (nSPS) is 11.0. The second-order valence-corrected chi connectivity index (χ2v) is 8.54. The maximum absolute atomic E-state index is 10.6. The molecule has 0 bridgehead atoms. The Morgan fingerprint density at radius 3 is 1.17 bits per heavy atom. The minimum atomic E-state index is -1.35. The van der Waals surface area contributed by atoms with Crippen molar-refractivity contribution in [2.75, 3.05) is 0 Å².